The highest BCUT2D eigenvalue weighted by atomic mass is 16.4. The van der Waals surface area contributed by atoms with E-state index in [1.807, 2.05) is 11.0 Å². The molecule has 102 valence electrons. The van der Waals surface area contributed by atoms with Crippen LogP contribution in [0.4, 0.5) is 11.6 Å². The van der Waals surface area contributed by atoms with Crippen LogP contribution in [0, 0.1) is 0 Å². The standard InChI is InChI=1S/C13H18N4O2/c18-13(19)10-3-1-2-6-17(10)12-7-11(14-8-15-12)16-9-4-5-9/h7-10H,1-6H2,(H,18,19)(H,14,15,16)/t10-/m0/s1. The number of nitrogens with zero attached hydrogens (tertiary/aromatic N) is 3. The fourth-order valence-corrected chi connectivity index (χ4v) is 2.48. The Hall–Kier alpha value is -1.85. The molecule has 0 amide bonds. The Labute approximate surface area is 111 Å². The van der Waals surface area contributed by atoms with Crippen LogP contribution < -0.4 is 10.2 Å². The Balaban J connectivity index is 1.80. The van der Waals surface area contributed by atoms with Crippen molar-refractivity contribution in [2.75, 3.05) is 16.8 Å². The first-order chi connectivity index (χ1) is 9.24. The molecule has 19 heavy (non-hydrogen) atoms. The molecule has 6 heteroatoms. The summed E-state index contributed by atoms with van der Waals surface area (Å²) >= 11 is 0. The van der Waals surface area contributed by atoms with Crippen LogP contribution in [0.3, 0.4) is 0 Å². The van der Waals surface area contributed by atoms with Crippen molar-refractivity contribution in [2.24, 2.45) is 0 Å². The van der Waals surface area contributed by atoms with Crippen molar-refractivity contribution in [1.29, 1.82) is 0 Å². The number of nitrogens with one attached hydrogen (secondary N) is 1. The molecule has 1 saturated heterocycles. The number of aliphatic carboxylic acids is 1. The Bertz CT molecular complexity index is 475. The van der Waals surface area contributed by atoms with E-state index in [2.05, 4.69) is 15.3 Å². The summed E-state index contributed by atoms with van der Waals surface area (Å²) in [6.45, 7) is 0.747. The van der Waals surface area contributed by atoms with Crippen molar-refractivity contribution in [2.45, 2.75) is 44.2 Å². The zero-order valence-corrected chi connectivity index (χ0v) is 10.7. The van der Waals surface area contributed by atoms with Crippen molar-refractivity contribution in [3.8, 4) is 0 Å². The molecule has 0 radical (unpaired) electrons. The number of carboxylic acids is 1. The third kappa shape index (κ3) is 2.77. The molecular formula is C13H18N4O2. The molecule has 0 bridgehead atoms. The highest BCUT2D eigenvalue weighted by Crippen LogP contribution is 2.27. The molecule has 1 aliphatic heterocycles. The number of piperidine rings is 1. The first kappa shape index (κ1) is 12.2. The van der Waals surface area contributed by atoms with Crippen LogP contribution in [0.2, 0.25) is 0 Å². The van der Waals surface area contributed by atoms with Crippen LogP contribution in [-0.2, 0) is 4.79 Å². The lowest BCUT2D eigenvalue weighted by atomic mass is 10.0. The van der Waals surface area contributed by atoms with E-state index in [1.54, 1.807) is 0 Å². The second kappa shape index (κ2) is 5.03. The number of carboxylic acid groups (broad SMARTS) is 1. The van der Waals surface area contributed by atoms with Gasteiger partial charge in [-0.25, -0.2) is 14.8 Å². The minimum atomic E-state index is -0.769. The minimum absolute atomic E-state index is 0.461. The van der Waals surface area contributed by atoms with Gasteiger partial charge in [0.15, 0.2) is 0 Å². The molecular weight excluding hydrogens is 244 g/mol. The van der Waals surface area contributed by atoms with E-state index in [1.165, 1.54) is 19.2 Å². The smallest absolute Gasteiger partial charge is 0.326 e. The van der Waals surface area contributed by atoms with Crippen molar-refractivity contribution in [3.63, 3.8) is 0 Å². The minimum Gasteiger partial charge on any atom is -0.480 e. The van der Waals surface area contributed by atoms with Gasteiger partial charge in [-0.3, -0.25) is 0 Å². The van der Waals surface area contributed by atoms with Crippen LogP contribution in [0.25, 0.3) is 0 Å². The maximum Gasteiger partial charge on any atom is 0.326 e. The summed E-state index contributed by atoms with van der Waals surface area (Å²) in [5.41, 5.74) is 0. The van der Waals surface area contributed by atoms with Gasteiger partial charge in [0.1, 0.15) is 24.0 Å². The van der Waals surface area contributed by atoms with Crippen molar-refractivity contribution in [3.05, 3.63) is 12.4 Å². The largest absolute Gasteiger partial charge is 0.480 e. The lowest BCUT2D eigenvalue weighted by Gasteiger charge is -2.33. The van der Waals surface area contributed by atoms with Crippen molar-refractivity contribution in [1.82, 2.24) is 9.97 Å². The third-order valence-corrected chi connectivity index (χ3v) is 3.66. The van der Waals surface area contributed by atoms with Gasteiger partial charge in [-0.15, -0.1) is 0 Å². The van der Waals surface area contributed by atoms with Crippen molar-refractivity contribution >= 4 is 17.6 Å². The fourth-order valence-electron chi connectivity index (χ4n) is 2.48. The highest BCUT2D eigenvalue weighted by molar-refractivity contribution is 5.78. The maximum atomic E-state index is 11.3. The summed E-state index contributed by atoms with van der Waals surface area (Å²) in [7, 11) is 0. The Kier molecular flexibility index (Phi) is 3.23. The van der Waals surface area contributed by atoms with E-state index in [0.717, 1.165) is 25.2 Å². The van der Waals surface area contributed by atoms with Crippen LogP contribution in [0.15, 0.2) is 12.4 Å². The van der Waals surface area contributed by atoms with Gasteiger partial charge in [-0.1, -0.05) is 0 Å². The molecule has 2 aliphatic rings. The molecule has 0 unspecified atom stereocenters. The molecule has 2 N–H and O–H groups in total. The number of aromatic nitrogens is 2. The van der Waals surface area contributed by atoms with Crippen LogP contribution in [0.5, 0.6) is 0 Å². The predicted molar refractivity (Wildman–Crippen MR) is 71.3 cm³/mol. The van der Waals surface area contributed by atoms with E-state index >= 15 is 0 Å². The molecule has 0 spiro atoms. The molecule has 1 aromatic heterocycles. The number of rotatable bonds is 4. The maximum absolute atomic E-state index is 11.3. The van der Waals surface area contributed by atoms with E-state index in [-0.39, 0.29) is 0 Å². The number of anilines is 2. The average molecular weight is 262 g/mol. The summed E-state index contributed by atoms with van der Waals surface area (Å²) in [5, 5.41) is 12.6. The number of carbonyl (C=O) groups is 1. The first-order valence-electron chi connectivity index (χ1n) is 6.82. The summed E-state index contributed by atoms with van der Waals surface area (Å²) in [5.74, 6) is 0.738. The third-order valence-electron chi connectivity index (χ3n) is 3.66. The van der Waals surface area contributed by atoms with Gasteiger partial charge in [0.2, 0.25) is 0 Å². The molecule has 3 rings (SSSR count). The first-order valence-corrected chi connectivity index (χ1v) is 6.82. The summed E-state index contributed by atoms with van der Waals surface area (Å²) in [6.07, 6.45) is 6.53. The lowest BCUT2D eigenvalue weighted by molar-refractivity contribution is -0.139. The van der Waals surface area contributed by atoms with Crippen LogP contribution in [0.1, 0.15) is 32.1 Å². The molecule has 1 aliphatic carbocycles. The molecule has 0 aromatic carbocycles. The van der Waals surface area contributed by atoms with Gasteiger partial charge in [-0.05, 0) is 32.1 Å². The lowest BCUT2D eigenvalue weighted by Crippen LogP contribution is -2.45. The van der Waals surface area contributed by atoms with E-state index in [4.69, 9.17) is 0 Å². The number of hydrogen-bond acceptors (Lipinski definition) is 5. The molecule has 1 saturated carbocycles. The average Bonchev–Trinajstić information content (AvgIpc) is 3.23. The van der Waals surface area contributed by atoms with Gasteiger partial charge >= 0.3 is 5.97 Å². The molecule has 1 aromatic rings. The zero-order valence-electron chi connectivity index (χ0n) is 10.7. The van der Waals surface area contributed by atoms with E-state index in [0.29, 0.717) is 18.3 Å². The molecule has 6 nitrogen and oxygen atoms in total. The second-order valence-electron chi connectivity index (χ2n) is 5.22. The summed E-state index contributed by atoms with van der Waals surface area (Å²) in [6, 6.07) is 1.93. The summed E-state index contributed by atoms with van der Waals surface area (Å²) < 4.78 is 0. The normalized spacial score (nSPS) is 23.2. The second-order valence-corrected chi connectivity index (χ2v) is 5.22. The van der Waals surface area contributed by atoms with E-state index < -0.39 is 12.0 Å². The Morgan fingerprint density at radius 1 is 1.32 bits per heavy atom. The quantitative estimate of drug-likeness (QED) is 0.856. The van der Waals surface area contributed by atoms with Gasteiger partial charge in [0.05, 0.1) is 0 Å². The number of hydrogen-bond donors (Lipinski definition) is 2. The monoisotopic (exact) mass is 262 g/mol. The Morgan fingerprint density at radius 2 is 2.16 bits per heavy atom. The van der Waals surface area contributed by atoms with Crippen LogP contribution in [-0.4, -0.2) is 39.7 Å². The summed E-state index contributed by atoms with van der Waals surface area (Å²) in [4.78, 5) is 21.6. The topological polar surface area (TPSA) is 78.4 Å². The SMILES string of the molecule is O=C(O)[C@@H]1CCCCN1c1cc(NC2CC2)ncn1. The van der Waals surface area contributed by atoms with Gasteiger partial charge in [0.25, 0.3) is 0 Å². The van der Waals surface area contributed by atoms with Gasteiger partial charge < -0.3 is 15.3 Å². The molecule has 2 heterocycles. The molecule has 2 fully saturated rings. The van der Waals surface area contributed by atoms with E-state index in [9.17, 15) is 9.90 Å². The zero-order chi connectivity index (χ0) is 13.2. The fraction of sp³-hybridized carbons (Fsp3) is 0.615. The highest BCUT2D eigenvalue weighted by Gasteiger charge is 2.30. The van der Waals surface area contributed by atoms with Crippen LogP contribution >= 0.6 is 0 Å². The van der Waals surface area contributed by atoms with Gasteiger partial charge in [-0.2, -0.15) is 0 Å². The van der Waals surface area contributed by atoms with Gasteiger partial charge in [0, 0.05) is 18.7 Å². The molecule has 1 atom stereocenters. The predicted octanol–water partition coefficient (Wildman–Crippen LogP) is 1.49. The van der Waals surface area contributed by atoms with Crippen molar-refractivity contribution < 1.29 is 9.90 Å². The Morgan fingerprint density at radius 3 is 2.89 bits per heavy atom.